The van der Waals surface area contributed by atoms with E-state index in [0.29, 0.717) is 10.9 Å². The second-order valence-electron chi connectivity index (χ2n) is 6.48. The maximum absolute atomic E-state index is 12.0. The predicted octanol–water partition coefficient (Wildman–Crippen LogP) is 3.83. The van der Waals surface area contributed by atoms with Crippen LogP contribution in [-0.4, -0.2) is 22.5 Å². The molecule has 1 heterocycles. The molecular weight excluding hydrogens is 356 g/mol. The molecule has 0 atom stereocenters. The van der Waals surface area contributed by atoms with Gasteiger partial charge in [0.15, 0.2) is 0 Å². The van der Waals surface area contributed by atoms with Crippen LogP contribution < -0.4 is 11.1 Å². The lowest BCUT2D eigenvalue weighted by Gasteiger charge is -2.16. The Morgan fingerprint density at radius 3 is 2.48 bits per heavy atom. The van der Waals surface area contributed by atoms with Gasteiger partial charge in [-0.3, -0.25) is 9.59 Å². The summed E-state index contributed by atoms with van der Waals surface area (Å²) >= 11 is 2.79. The number of carbonyl (C=O) groups excluding carboxylic acids is 2. The van der Waals surface area contributed by atoms with Gasteiger partial charge in [-0.2, -0.15) is 0 Å². The monoisotopic (exact) mass is 378 g/mol. The zero-order valence-electron chi connectivity index (χ0n) is 14.6. The summed E-state index contributed by atoms with van der Waals surface area (Å²) in [5, 5.41) is 12.7. The predicted molar refractivity (Wildman–Crippen MR) is 102 cm³/mol. The van der Waals surface area contributed by atoms with Crippen LogP contribution in [0.4, 0.5) is 5.00 Å². The standard InChI is InChI=1S/C18H22N2O3S2/c1-10(2)11-7-5-6-8-13(11)24-14-9-12(15(19)21)16(25-14)20-17(22)18(3,4)23/h5-10,23H,1-4H3,(H2,19,21)(H,20,22). The highest BCUT2D eigenvalue weighted by Crippen LogP contribution is 2.41. The first-order chi connectivity index (χ1) is 11.6. The molecule has 5 nitrogen and oxygen atoms in total. The number of aliphatic hydroxyl groups is 1. The second-order valence-corrected chi connectivity index (χ2v) is 8.87. The number of thiophene rings is 1. The fourth-order valence-corrected chi connectivity index (χ4v) is 4.55. The number of anilines is 1. The molecule has 1 aromatic heterocycles. The van der Waals surface area contributed by atoms with Gasteiger partial charge < -0.3 is 16.2 Å². The second kappa shape index (κ2) is 7.59. The summed E-state index contributed by atoms with van der Waals surface area (Å²) in [5.74, 6) is -0.837. The van der Waals surface area contributed by atoms with Crippen LogP contribution in [0.5, 0.6) is 0 Å². The number of amides is 2. The largest absolute Gasteiger partial charge is 0.381 e. The van der Waals surface area contributed by atoms with Crippen LogP contribution in [0.3, 0.4) is 0 Å². The van der Waals surface area contributed by atoms with Crippen molar-refractivity contribution in [1.82, 2.24) is 0 Å². The van der Waals surface area contributed by atoms with E-state index in [1.807, 2.05) is 18.2 Å². The van der Waals surface area contributed by atoms with Gasteiger partial charge in [0, 0.05) is 4.90 Å². The summed E-state index contributed by atoms with van der Waals surface area (Å²) in [6.07, 6.45) is 0. The Bertz CT molecular complexity index is 792. The van der Waals surface area contributed by atoms with Gasteiger partial charge >= 0.3 is 0 Å². The van der Waals surface area contributed by atoms with Gasteiger partial charge in [0.05, 0.1) is 9.77 Å². The third-order valence-corrected chi connectivity index (χ3v) is 5.77. The van der Waals surface area contributed by atoms with E-state index in [1.165, 1.54) is 42.5 Å². The lowest BCUT2D eigenvalue weighted by molar-refractivity contribution is -0.130. The SMILES string of the molecule is CC(C)c1ccccc1Sc1cc(C(N)=O)c(NC(=O)C(C)(C)O)s1. The lowest BCUT2D eigenvalue weighted by Crippen LogP contribution is -2.36. The molecule has 1 aromatic carbocycles. The minimum absolute atomic E-state index is 0.243. The Kier molecular flexibility index (Phi) is 5.92. The van der Waals surface area contributed by atoms with Crippen molar-refractivity contribution in [2.45, 2.75) is 48.3 Å². The average molecular weight is 379 g/mol. The molecule has 25 heavy (non-hydrogen) atoms. The fraction of sp³-hybridized carbons (Fsp3) is 0.333. The summed E-state index contributed by atoms with van der Waals surface area (Å²) in [7, 11) is 0. The van der Waals surface area contributed by atoms with Crippen LogP contribution in [0.1, 0.15) is 49.5 Å². The molecule has 0 saturated heterocycles. The molecule has 134 valence electrons. The van der Waals surface area contributed by atoms with Gasteiger partial charge in [-0.05, 0) is 37.5 Å². The van der Waals surface area contributed by atoms with E-state index in [-0.39, 0.29) is 5.56 Å². The molecule has 2 amide bonds. The highest BCUT2D eigenvalue weighted by atomic mass is 32.2. The molecule has 0 aliphatic rings. The van der Waals surface area contributed by atoms with Crippen LogP contribution in [0.2, 0.25) is 0 Å². The molecular formula is C18H22N2O3S2. The quantitative estimate of drug-likeness (QED) is 0.712. The first kappa shape index (κ1) is 19.5. The Labute approximate surface area is 155 Å². The Hall–Kier alpha value is -1.83. The molecule has 0 fully saturated rings. The van der Waals surface area contributed by atoms with E-state index in [9.17, 15) is 14.7 Å². The maximum Gasteiger partial charge on any atom is 0.256 e. The first-order valence-electron chi connectivity index (χ1n) is 7.84. The minimum atomic E-state index is -1.55. The molecule has 0 bridgehead atoms. The number of nitrogens with one attached hydrogen (secondary N) is 1. The lowest BCUT2D eigenvalue weighted by atomic mass is 10.0. The van der Waals surface area contributed by atoms with Crippen molar-refractivity contribution >= 4 is 39.9 Å². The van der Waals surface area contributed by atoms with E-state index in [2.05, 4.69) is 25.2 Å². The smallest absolute Gasteiger partial charge is 0.256 e. The van der Waals surface area contributed by atoms with Gasteiger partial charge in [-0.15, -0.1) is 11.3 Å². The zero-order chi connectivity index (χ0) is 18.8. The molecule has 0 radical (unpaired) electrons. The van der Waals surface area contributed by atoms with Gasteiger partial charge in [0.2, 0.25) is 0 Å². The van der Waals surface area contributed by atoms with Crippen molar-refractivity contribution in [3.8, 4) is 0 Å². The molecule has 4 N–H and O–H groups in total. The number of nitrogens with two attached hydrogens (primary N) is 1. The molecule has 0 spiro atoms. The van der Waals surface area contributed by atoms with Gasteiger partial charge in [0.25, 0.3) is 11.8 Å². The van der Waals surface area contributed by atoms with Crippen molar-refractivity contribution in [3.05, 3.63) is 41.5 Å². The molecule has 0 saturated carbocycles. The van der Waals surface area contributed by atoms with Crippen LogP contribution in [0.15, 0.2) is 39.4 Å². The van der Waals surface area contributed by atoms with Crippen molar-refractivity contribution in [2.24, 2.45) is 5.73 Å². The van der Waals surface area contributed by atoms with Crippen LogP contribution in [-0.2, 0) is 4.79 Å². The van der Waals surface area contributed by atoms with Crippen molar-refractivity contribution in [2.75, 3.05) is 5.32 Å². The highest BCUT2D eigenvalue weighted by molar-refractivity contribution is 8.01. The maximum atomic E-state index is 12.0. The topological polar surface area (TPSA) is 92.4 Å². The van der Waals surface area contributed by atoms with Gasteiger partial charge in [-0.25, -0.2) is 0 Å². The van der Waals surface area contributed by atoms with E-state index >= 15 is 0 Å². The third-order valence-electron chi connectivity index (χ3n) is 3.51. The minimum Gasteiger partial charge on any atom is -0.381 e. The highest BCUT2D eigenvalue weighted by Gasteiger charge is 2.26. The molecule has 0 aliphatic heterocycles. The summed E-state index contributed by atoms with van der Waals surface area (Å²) < 4.78 is 0.841. The summed E-state index contributed by atoms with van der Waals surface area (Å²) in [6, 6.07) is 9.74. The first-order valence-corrected chi connectivity index (χ1v) is 9.47. The number of rotatable bonds is 6. The van der Waals surface area contributed by atoms with Gasteiger partial charge in [0.1, 0.15) is 10.6 Å². The fourth-order valence-electron chi connectivity index (χ4n) is 2.11. The van der Waals surface area contributed by atoms with Crippen LogP contribution in [0, 0.1) is 0 Å². The molecule has 0 aliphatic carbocycles. The number of primary amides is 1. The summed E-state index contributed by atoms with van der Waals surface area (Å²) in [4.78, 5) is 24.8. The molecule has 2 rings (SSSR count). The van der Waals surface area contributed by atoms with E-state index in [4.69, 9.17) is 5.73 Å². The Balaban J connectivity index is 2.34. The van der Waals surface area contributed by atoms with Crippen molar-refractivity contribution in [1.29, 1.82) is 0 Å². The molecule has 0 unspecified atom stereocenters. The third kappa shape index (κ3) is 4.84. The van der Waals surface area contributed by atoms with Crippen molar-refractivity contribution in [3.63, 3.8) is 0 Å². The summed E-state index contributed by atoms with van der Waals surface area (Å²) in [6.45, 7) is 7.01. The Morgan fingerprint density at radius 1 is 1.28 bits per heavy atom. The normalized spacial score (nSPS) is 11.6. The number of hydrogen-bond donors (Lipinski definition) is 3. The summed E-state index contributed by atoms with van der Waals surface area (Å²) in [5.41, 5.74) is 5.34. The number of benzene rings is 1. The average Bonchev–Trinajstić information content (AvgIpc) is 2.89. The van der Waals surface area contributed by atoms with Crippen LogP contribution in [0.25, 0.3) is 0 Å². The van der Waals surface area contributed by atoms with Crippen LogP contribution >= 0.6 is 23.1 Å². The van der Waals surface area contributed by atoms with Crippen molar-refractivity contribution < 1.29 is 14.7 Å². The Morgan fingerprint density at radius 2 is 1.92 bits per heavy atom. The molecule has 2 aromatic rings. The molecule has 7 heteroatoms. The van der Waals surface area contributed by atoms with Gasteiger partial charge in [-0.1, -0.05) is 43.8 Å². The van der Waals surface area contributed by atoms with E-state index in [1.54, 1.807) is 6.07 Å². The van der Waals surface area contributed by atoms with E-state index in [0.717, 1.165) is 9.10 Å². The van der Waals surface area contributed by atoms with E-state index < -0.39 is 17.4 Å². The number of hydrogen-bond acceptors (Lipinski definition) is 5. The zero-order valence-corrected chi connectivity index (χ0v) is 16.3. The number of carbonyl (C=O) groups is 2.